The van der Waals surface area contributed by atoms with Crippen molar-refractivity contribution in [1.82, 2.24) is 9.97 Å². The lowest BCUT2D eigenvalue weighted by Crippen LogP contribution is -2.20. The van der Waals surface area contributed by atoms with Crippen LogP contribution in [0.4, 0.5) is 0 Å². The number of aromatic amines is 1. The minimum absolute atomic E-state index is 0.172. The van der Waals surface area contributed by atoms with Crippen molar-refractivity contribution < 1.29 is 9.53 Å². The number of benzene rings is 2. The third-order valence-electron chi connectivity index (χ3n) is 2.96. The highest BCUT2D eigenvalue weighted by molar-refractivity contribution is 9.10. The van der Waals surface area contributed by atoms with Crippen LogP contribution >= 0.6 is 15.9 Å². The number of carbonyl (C=O) groups is 1. The molecular weight excluding hydrogens is 334 g/mol. The van der Waals surface area contributed by atoms with Crippen molar-refractivity contribution in [2.24, 2.45) is 5.73 Å². The summed E-state index contributed by atoms with van der Waals surface area (Å²) < 4.78 is 6.34. The highest BCUT2D eigenvalue weighted by Gasteiger charge is 2.12. The summed E-state index contributed by atoms with van der Waals surface area (Å²) >= 11 is 3.43. The Balaban J connectivity index is 2.06. The zero-order valence-electron chi connectivity index (χ0n) is 11.0. The van der Waals surface area contributed by atoms with E-state index in [1.54, 1.807) is 6.07 Å². The van der Waals surface area contributed by atoms with E-state index in [9.17, 15) is 4.79 Å². The molecule has 1 heterocycles. The smallest absolute Gasteiger partial charge is 0.255 e. The molecule has 3 aromatic rings. The van der Waals surface area contributed by atoms with Gasteiger partial charge in [0.05, 0.1) is 16.6 Å². The topological polar surface area (TPSA) is 81.0 Å². The lowest BCUT2D eigenvalue weighted by Gasteiger charge is -2.09. The summed E-state index contributed by atoms with van der Waals surface area (Å²) in [7, 11) is 0. The number of nitrogens with one attached hydrogen (secondary N) is 1. The van der Waals surface area contributed by atoms with Crippen LogP contribution in [0, 0.1) is 0 Å². The van der Waals surface area contributed by atoms with E-state index in [0.717, 1.165) is 21.1 Å². The fourth-order valence-corrected chi connectivity index (χ4v) is 2.40. The van der Waals surface area contributed by atoms with E-state index >= 15 is 0 Å². The number of rotatable bonds is 4. The molecule has 0 atom stereocenters. The van der Waals surface area contributed by atoms with Gasteiger partial charge < -0.3 is 15.5 Å². The minimum Gasteiger partial charge on any atom is -0.483 e. The Kier molecular flexibility index (Phi) is 3.62. The summed E-state index contributed by atoms with van der Waals surface area (Å²) in [6, 6.07) is 13.2. The van der Waals surface area contributed by atoms with Gasteiger partial charge in [0, 0.05) is 4.47 Å². The summed E-state index contributed by atoms with van der Waals surface area (Å²) in [5.41, 5.74) is 7.70. The zero-order valence-corrected chi connectivity index (χ0v) is 12.6. The van der Waals surface area contributed by atoms with Gasteiger partial charge >= 0.3 is 0 Å². The first-order valence-electron chi connectivity index (χ1n) is 6.29. The number of nitrogens with two attached hydrogens (primary N) is 1. The van der Waals surface area contributed by atoms with Crippen LogP contribution in [0.1, 0.15) is 0 Å². The van der Waals surface area contributed by atoms with Gasteiger partial charge in [-0.1, -0.05) is 28.1 Å². The first-order valence-corrected chi connectivity index (χ1v) is 7.08. The number of nitrogens with zero attached hydrogens (tertiary/aromatic N) is 1. The largest absolute Gasteiger partial charge is 0.483 e. The number of halogens is 1. The predicted molar refractivity (Wildman–Crippen MR) is 83.9 cm³/mol. The lowest BCUT2D eigenvalue weighted by atomic mass is 10.2. The zero-order chi connectivity index (χ0) is 14.8. The number of aromatic nitrogens is 2. The second-order valence-corrected chi connectivity index (χ2v) is 5.41. The minimum atomic E-state index is -0.520. The number of para-hydroxylation sites is 2. The number of carbonyl (C=O) groups excluding carboxylic acids is 1. The van der Waals surface area contributed by atoms with Gasteiger partial charge in [-0.25, -0.2) is 4.98 Å². The third kappa shape index (κ3) is 2.90. The molecule has 0 aliphatic heterocycles. The van der Waals surface area contributed by atoms with Crippen molar-refractivity contribution in [2.45, 2.75) is 0 Å². The van der Waals surface area contributed by atoms with Crippen LogP contribution in [0.5, 0.6) is 5.75 Å². The number of ether oxygens (including phenoxy) is 1. The molecule has 0 radical (unpaired) electrons. The number of primary amides is 1. The summed E-state index contributed by atoms with van der Waals surface area (Å²) in [6.07, 6.45) is 0. The molecule has 3 rings (SSSR count). The molecule has 0 saturated heterocycles. The van der Waals surface area contributed by atoms with Crippen LogP contribution in [0.25, 0.3) is 22.4 Å². The van der Waals surface area contributed by atoms with E-state index in [0.29, 0.717) is 11.6 Å². The molecule has 0 aliphatic carbocycles. The molecule has 1 amide bonds. The molecule has 3 N–H and O–H groups in total. The molecular formula is C15H12BrN3O2. The van der Waals surface area contributed by atoms with Crippen LogP contribution in [0.2, 0.25) is 0 Å². The van der Waals surface area contributed by atoms with Gasteiger partial charge in [0.15, 0.2) is 6.61 Å². The fraction of sp³-hybridized carbons (Fsp3) is 0.0667. The summed E-state index contributed by atoms with van der Waals surface area (Å²) in [6.45, 7) is -0.172. The standard InChI is InChI=1S/C15H12BrN3O2/c16-9-5-6-13(21-8-14(17)20)10(7-9)15-18-11-3-1-2-4-12(11)19-15/h1-7H,8H2,(H2,17,20)(H,18,19). The van der Waals surface area contributed by atoms with E-state index in [1.807, 2.05) is 36.4 Å². The Bertz CT molecular complexity index is 781. The van der Waals surface area contributed by atoms with Crippen LogP contribution in [-0.4, -0.2) is 22.5 Å². The fourth-order valence-electron chi connectivity index (χ4n) is 2.04. The summed E-state index contributed by atoms with van der Waals surface area (Å²) in [5, 5.41) is 0. The Labute approximate surface area is 129 Å². The molecule has 0 bridgehead atoms. The molecule has 0 aliphatic rings. The van der Waals surface area contributed by atoms with E-state index < -0.39 is 5.91 Å². The second kappa shape index (κ2) is 5.57. The highest BCUT2D eigenvalue weighted by atomic mass is 79.9. The molecule has 0 fully saturated rings. The monoisotopic (exact) mass is 345 g/mol. The number of fused-ring (bicyclic) bond motifs is 1. The van der Waals surface area contributed by atoms with E-state index in [4.69, 9.17) is 10.5 Å². The van der Waals surface area contributed by atoms with Crippen LogP contribution < -0.4 is 10.5 Å². The molecule has 1 aromatic heterocycles. The number of hydrogen-bond donors (Lipinski definition) is 2. The molecule has 0 spiro atoms. The van der Waals surface area contributed by atoms with Gasteiger partial charge in [0.2, 0.25) is 0 Å². The molecule has 21 heavy (non-hydrogen) atoms. The molecule has 5 nitrogen and oxygen atoms in total. The Morgan fingerprint density at radius 3 is 2.86 bits per heavy atom. The van der Waals surface area contributed by atoms with Crippen molar-refractivity contribution in [2.75, 3.05) is 6.61 Å². The highest BCUT2D eigenvalue weighted by Crippen LogP contribution is 2.32. The van der Waals surface area contributed by atoms with Crippen LogP contribution in [0.3, 0.4) is 0 Å². The first kappa shape index (κ1) is 13.6. The third-order valence-corrected chi connectivity index (χ3v) is 3.45. The second-order valence-electron chi connectivity index (χ2n) is 4.50. The number of hydrogen-bond acceptors (Lipinski definition) is 3. The van der Waals surface area contributed by atoms with Crippen molar-refractivity contribution >= 4 is 32.9 Å². The van der Waals surface area contributed by atoms with E-state index in [1.165, 1.54) is 0 Å². The normalized spacial score (nSPS) is 10.7. The average Bonchev–Trinajstić information content (AvgIpc) is 2.89. The maximum atomic E-state index is 10.9. The van der Waals surface area contributed by atoms with Crippen molar-refractivity contribution in [3.63, 3.8) is 0 Å². The van der Waals surface area contributed by atoms with Gasteiger partial charge in [0.25, 0.3) is 5.91 Å². The summed E-state index contributed by atoms with van der Waals surface area (Å²) in [5.74, 6) is 0.710. The number of imidazole rings is 1. The van der Waals surface area contributed by atoms with Crippen molar-refractivity contribution in [3.8, 4) is 17.1 Å². The van der Waals surface area contributed by atoms with Gasteiger partial charge in [-0.05, 0) is 30.3 Å². The van der Waals surface area contributed by atoms with E-state index in [-0.39, 0.29) is 6.61 Å². The maximum absolute atomic E-state index is 10.9. The van der Waals surface area contributed by atoms with E-state index in [2.05, 4.69) is 25.9 Å². The first-order chi connectivity index (χ1) is 10.1. The van der Waals surface area contributed by atoms with Gasteiger partial charge in [0.1, 0.15) is 11.6 Å². The average molecular weight is 346 g/mol. The van der Waals surface area contributed by atoms with Gasteiger partial charge in [-0.2, -0.15) is 0 Å². The maximum Gasteiger partial charge on any atom is 0.255 e. The molecule has 6 heteroatoms. The lowest BCUT2D eigenvalue weighted by molar-refractivity contribution is -0.119. The van der Waals surface area contributed by atoms with Crippen LogP contribution in [-0.2, 0) is 4.79 Å². The van der Waals surface area contributed by atoms with Crippen molar-refractivity contribution in [1.29, 1.82) is 0 Å². The molecule has 0 unspecified atom stereocenters. The Morgan fingerprint density at radius 2 is 2.10 bits per heavy atom. The quantitative estimate of drug-likeness (QED) is 0.762. The number of amides is 1. The van der Waals surface area contributed by atoms with Gasteiger partial charge in [-0.15, -0.1) is 0 Å². The Morgan fingerprint density at radius 1 is 1.29 bits per heavy atom. The predicted octanol–water partition coefficient (Wildman–Crippen LogP) is 2.86. The summed E-state index contributed by atoms with van der Waals surface area (Å²) in [4.78, 5) is 18.7. The molecule has 106 valence electrons. The van der Waals surface area contributed by atoms with Crippen molar-refractivity contribution in [3.05, 3.63) is 46.9 Å². The SMILES string of the molecule is NC(=O)COc1ccc(Br)cc1-c1nc2ccccc2[nH]1. The number of H-pyrrole nitrogens is 1. The van der Waals surface area contributed by atoms with Gasteiger partial charge in [-0.3, -0.25) is 4.79 Å². The molecule has 2 aromatic carbocycles. The van der Waals surface area contributed by atoms with Crippen LogP contribution in [0.15, 0.2) is 46.9 Å². The Hall–Kier alpha value is -2.34. The molecule has 0 saturated carbocycles.